The van der Waals surface area contributed by atoms with Crippen LogP contribution in [0.3, 0.4) is 0 Å². The number of nitrogens with one attached hydrogen (secondary N) is 1. The Morgan fingerprint density at radius 1 is 1.00 bits per heavy atom. The molecule has 3 aromatic rings. The number of esters is 1. The molecule has 1 heterocycles. The zero-order valence-corrected chi connectivity index (χ0v) is 15.2. The summed E-state index contributed by atoms with van der Waals surface area (Å²) in [6.07, 6.45) is 0. The first-order valence-electron chi connectivity index (χ1n) is 8.25. The molecule has 1 aromatic heterocycles. The van der Waals surface area contributed by atoms with Gasteiger partial charge in [0.15, 0.2) is 6.61 Å². The van der Waals surface area contributed by atoms with Crippen molar-refractivity contribution in [3.63, 3.8) is 0 Å². The highest BCUT2D eigenvalue weighted by Gasteiger charge is 2.18. The number of rotatable bonds is 6. The molecule has 3 rings (SSSR count). The number of hydrogen-bond acceptors (Lipinski definition) is 4. The van der Waals surface area contributed by atoms with Crippen LogP contribution in [0, 0.1) is 6.92 Å². The van der Waals surface area contributed by atoms with Gasteiger partial charge in [0, 0.05) is 4.88 Å². The largest absolute Gasteiger partial charge is 0.452 e. The quantitative estimate of drug-likeness (QED) is 0.669. The Kier molecular flexibility index (Phi) is 5.81. The van der Waals surface area contributed by atoms with Crippen LogP contribution in [0.5, 0.6) is 0 Å². The molecule has 0 unspecified atom stereocenters. The summed E-state index contributed by atoms with van der Waals surface area (Å²) >= 11 is 1.57. The summed E-state index contributed by atoms with van der Waals surface area (Å²) in [6.45, 7) is 1.62. The van der Waals surface area contributed by atoms with Gasteiger partial charge in [-0.2, -0.15) is 0 Å². The highest BCUT2D eigenvalue weighted by atomic mass is 32.1. The number of carbonyl (C=O) groups excluding carboxylic acids is 2. The zero-order chi connectivity index (χ0) is 18.4. The normalized spacial score (nSPS) is 11.6. The minimum atomic E-state index is -0.507. The fourth-order valence-electron chi connectivity index (χ4n) is 2.53. The Morgan fingerprint density at radius 2 is 1.73 bits per heavy atom. The second-order valence-corrected chi connectivity index (χ2v) is 6.85. The molecule has 0 aliphatic rings. The van der Waals surface area contributed by atoms with Gasteiger partial charge in [-0.25, -0.2) is 4.79 Å². The molecular weight excluding hydrogens is 346 g/mol. The zero-order valence-electron chi connectivity index (χ0n) is 14.3. The number of thiophene rings is 1. The van der Waals surface area contributed by atoms with Gasteiger partial charge in [0.2, 0.25) is 0 Å². The molecule has 0 saturated carbocycles. The molecule has 1 N–H and O–H groups in total. The molecule has 0 aliphatic heterocycles. The summed E-state index contributed by atoms with van der Waals surface area (Å²) in [5, 5.41) is 4.91. The fraction of sp³-hybridized carbons (Fsp3) is 0.143. The van der Waals surface area contributed by atoms with E-state index >= 15 is 0 Å². The third-order valence-electron chi connectivity index (χ3n) is 3.89. The average Bonchev–Trinajstić information content (AvgIpc) is 3.20. The highest BCUT2D eigenvalue weighted by Crippen LogP contribution is 2.25. The maximum absolute atomic E-state index is 12.3. The van der Waals surface area contributed by atoms with Crippen LogP contribution in [0.4, 0.5) is 0 Å². The number of carbonyl (C=O) groups is 2. The summed E-state index contributed by atoms with van der Waals surface area (Å²) in [6, 6.07) is 20.4. The summed E-state index contributed by atoms with van der Waals surface area (Å²) < 4.78 is 5.14. The number of benzene rings is 2. The minimum Gasteiger partial charge on any atom is -0.452 e. The van der Waals surface area contributed by atoms with Crippen molar-refractivity contribution < 1.29 is 14.3 Å². The van der Waals surface area contributed by atoms with E-state index in [-0.39, 0.29) is 18.6 Å². The first-order chi connectivity index (χ1) is 12.6. The van der Waals surface area contributed by atoms with Gasteiger partial charge in [0.25, 0.3) is 5.91 Å². The molecule has 0 fully saturated rings. The topological polar surface area (TPSA) is 55.4 Å². The van der Waals surface area contributed by atoms with Crippen molar-refractivity contribution in [1.29, 1.82) is 0 Å². The minimum absolute atomic E-state index is 0.262. The van der Waals surface area contributed by atoms with E-state index in [0.29, 0.717) is 5.56 Å². The van der Waals surface area contributed by atoms with Gasteiger partial charge < -0.3 is 10.1 Å². The van der Waals surface area contributed by atoms with Crippen molar-refractivity contribution in [1.82, 2.24) is 5.32 Å². The van der Waals surface area contributed by atoms with Crippen molar-refractivity contribution >= 4 is 23.2 Å². The molecule has 5 heteroatoms. The van der Waals surface area contributed by atoms with Gasteiger partial charge in [-0.15, -0.1) is 11.3 Å². The number of ether oxygens (including phenoxy) is 1. The lowest BCUT2D eigenvalue weighted by Crippen LogP contribution is -2.32. The molecule has 0 saturated heterocycles. The third kappa shape index (κ3) is 4.58. The van der Waals surface area contributed by atoms with Crippen LogP contribution in [-0.4, -0.2) is 18.5 Å². The maximum Gasteiger partial charge on any atom is 0.338 e. The van der Waals surface area contributed by atoms with E-state index in [2.05, 4.69) is 5.32 Å². The van der Waals surface area contributed by atoms with Crippen molar-refractivity contribution in [3.05, 3.63) is 93.7 Å². The standard InChI is InChI=1S/C21H19NO3S/c1-15-9-11-17(12-10-15)21(24)25-14-19(23)22-20(18-8-5-13-26-18)16-6-3-2-4-7-16/h2-13,20H,14H2,1H3,(H,22,23)/t20-/m0/s1. The lowest BCUT2D eigenvalue weighted by Gasteiger charge is -2.18. The van der Waals surface area contributed by atoms with Crippen LogP contribution in [0.15, 0.2) is 72.1 Å². The van der Waals surface area contributed by atoms with E-state index in [9.17, 15) is 9.59 Å². The summed E-state index contributed by atoms with van der Waals surface area (Å²) in [7, 11) is 0. The lowest BCUT2D eigenvalue weighted by molar-refractivity contribution is -0.124. The van der Waals surface area contributed by atoms with Gasteiger partial charge in [0.1, 0.15) is 0 Å². The first-order valence-corrected chi connectivity index (χ1v) is 9.13. The van der Waals surface area contributed by atoms with E-state index in [1.807, 2.05) is 66.9 Å². The van der Waals surface area contributed by atoms with Gasteiger partial charge in [0.05, 0.1) is 11.6 Å². The Morgan fingerprint density at radius 3 is 2.38 bits per heavy atom. The molecule has 132 valence electrons. The third-order valence-corrected chi connectivity index (χ3v) is 4.82. The second-order valence-electron chi connectivity index (χ2n) is 5.87. The molecule has 0 spiro atoms. The smallest absolute Gasteiger partial charge is 0.338 e. The summed E-state index contributed by atoms with van der Waals surface area (Å²) in [4.78, 5) is 25.4. The monoisotopic (exact) mass is 365 g/mol. The molecule has 2 aromatic carbocycles. The SMILES string of the molecule is Cc1ccc(C(=O)OCC(=O)N[C@@H](c2ccccc2)c2cccs2)cc1. The molecule has 1 amide bonds. The predicted molar refractivity (Wildman–Crippen MR) is 102 cm³/mol. The summed E-state index contributed by atoms with van der Waals surface area (Å²) in [5.74, 6) is -0.847. The fourth-order valence-corrected chi connectivity index (χ4v) is 3.33. The number of amides is 1. The van der Waals surface area contributed by atoms with Crippen molar-refractivity contribution in [2.45, 2.75) is 13.0 Å². The molecule has 0 radical (unpaired) electrons. The Hall–Kier alpha value is -2.92. The van der Waals surface area contributed by atoms with Crippen molar-refractivity contribution in [3.8, 4) is 0 Å². The lowest BCUT2D eigenvalue weighted by atomic mass is 10.1. The molecular formula is C21H19NO3S. The number of aryl methyl sites for hydroxylation is 1. The predicted octanol–water partition coefficient (Wildman–Crippen LogP) is 4.12. The van der Waals surface area contributed by atoms with Crippen LogP contribution in [0.2, 0.25) is 0 Å². The van der Waals surface area contributed by atoms with Crippen LogP contribution in [0.1, 0.15) is 32.4 Å². The van der Waals surface area contributed by atoms with Gasteiger partial charge in [-0.1, -0.05) is 54.1 Å². The highest BCUT2D eigenvalue weighted by molar-refractivity contribution is 7.10. The van der Waals surface area contributed by atoms with E-state index < -0.39 is 5.97 Å². The molecule has 0 bridgehead atoms. The number of hydrogen-bond donors (Lipinski definition) is 1. The van der Waals surface area contributed by atoms with Crippen LogP contribution >= 0.6 is 11.3 Å². The first kappa shape index (κ1) is 17.9. The van der Waals surface area contributed by atoms with Crippen molar-refractivity contribution in [2.75, 3.05) is 6.61 Å². The van der Waals surface area contributed by atoms with E-state index in [0.717, 1.165) is 16.0 Å². The van der Waals surface area contributed by atoms with Gasteiger partial charge in [-0.05, 0) is 36.1 Å². The maximum atomic E-state index is 12.3. The van der Waals surface area contributed by atoms with Crippen LogP contribution in [0.25, 0.3) is 0 Å². The molecule has 1 atom stereocenters. The van der Waals surface area contributed by atoms with E-state index in [1.165, 1.54) is 0 Å². The molecule has 4 nitrogen and oxygen atoms in total. The van der Waals surface area contributed by atoms with Gasteiger partial charge in [-0.3, -0.25) is 4.79 Å². The van der Waals surface area contributed by atoms with E-state index in [1.54, 1.807) is 23.5 Å². The van der Waals surface area contributed by atoms with Gasteiger partial charge >= 0.3 is 5.97 Å². The van der Waals surface area contributed by atoms with Crippen molar-refractivity contribution in [2.24, 2.45) is 0 Å². The van der Waals surface area contributed by atoms with Crippen LogP contribution in [-0.2, 0) is 9.53 Å². The average molecular weight is 365 g/mol. The Labute approximate surface area is 156 Å². The Balaban J connectivity index is 1.63. The molecule has 0 aliphatic carbocycles. The Bertz CT molecular complexity index is 858. The van der Waals surface area contributed by atoms with Crippen LogP contribution < -0.4 is 5.32 Å². The second kappa shape index (κ2) is 8.45. The van der Waals surface area contributed by atoms with E-state index in [4.69, 9.17) is 4.74 Å². The summed E-state index contributed by atoms with van der Waals surface area (Å²) in [5.41, 5.74) is 2.47. The molecule has 26 heavy (non-hydrogen) atoms.